The van der Waals surface area contributed by atoms with Crippen LogP contribution < -0.4 is 25.0 Å². The maximum Gasteiger partial charge on any atom is 0.343 e. The Morgan fingerprint density at radius 1 is 0.857 bits per heavy atom. The van der Waals surface area contributed by atoms with Crippen LogP contribution in [0.1, 0.15) is 21.5 Å². The number of hydrogen-bond donors (Lipinski definition) is 2. The first-order chi connectivity index (χ1) is 16.8. The fourth-order valence-corrected chi connectivity index (χ4v) is 3.25. The number of hydrazone groups is 1. The van der Waals surface area contributed by atoms with Crippen molar-refractivity contribution in [3.05, 3.63) is 81.8 Å². The number of aryl methyl sites for hydroxylation is 1. The Kier molecular flexibility index (Phi) is 8.58. The molecular formula is C25H22BrN3O6. The molecule has 0 saturated carbocycles. The molecule has 9 nitrogen and oxygen atoms in total. The summed E-state index contributed by atoms with van der Waals surface area (Å²) in [5.74, 6) is -1.42. The van der Waals surface area contributed by atoms with Gasteiger partial charge in [-0.2, -0.15) is 5.10 Å². The number of amides is 2. The van der Waals surface area contributed by atoms with Crippen LogP contribution in [0, 0.1) is 6.92 Å². The fraction of sp³-hybridized carbons (Fsp3) is 0.120. The average Bonchev–Trinajstić information content (AvgIpc) is 2.86. The highest BCUT2D eigenvalue weighted by atomic mass is 79.9. The Morgan fingerprint density at radius 2 is 1.54 bits per heavy atom. The molecule has 0 atom stereocenters. The van der Waals surface area contributed by atoms with E-state index < -0.39 is 17.8 Å². The number of hydrogen-bond acceptors (Lipinski definition) is 7. The second kappa shape index (κ2) is 11.8. The molecule has 2 N–H and O–H groups in total. The zero-order chi connectivity index (χ0) is 25.4. The highest BCUT2D eigenvalue weighted by Gasteiger charge is 2.16. The third-order valence-electron chi connectivity index (χ3n) is 4.68. The van der Waals surface area contributed by atoms with Gasteiger partial charge in [0.25, 0.3) is 0 Å². The summed E-state index contributed by atoms with van der Waals surface area (Å²) in [7, 11) is 2.96. The molecular weight excluding hydrogens is 518 g/mol. The second-order valence-electron chi connectivity index (χ2n) is 7.16. The lowest BCUT2D eigenvalue weighted by atomic mass is 10.2. The summed E-state index contributed by atoms with van der Waals surface area (Å²) < 4.78 is 16.6. The zero-order valence-electron chi connectivity index (χ0n) is 19.1. The molecule has 0 aromatic heterocycles. The maximum absolute atomic E-state index is 12.7. The number of carbonyl (C=O) groups excluding carboxylic acids is 3. The number of anilines is 1. The number of nitrogens with zero attached hydrogens (tertiary/aromatic N) is 1. The van der Waals surface area contributed by atoms with Gasteiger partial charge >= 0.3 is 17.8 Å². The van der Waals surface area contributed by atoms with E-state index in [0.29, 0.717) is 27.2 Å². The van der Waals surface area contributed by atoms with Gasteiger partial charge in [0.15, 0.2) is 11.5 Å². The molecule has 0 aliphatic heterocycles. The number of methoxy groups -OCH3 is 2. The van der Waals surface area contributed by atoms with Crippen LogP contribution in [0.3, 0.4) is 0 Å². The van der Waals surface area contributed by atoms with E-state index in [2.05, 4.69) is 31.8 Å². The number of halogens is 1. The van der Waals surface area contributed by atoms with Crippen molar-refractivity contribution in [2.24, 2.45) is 5.10 Å². The SMILES string of the molecule is COc1ccc(C(=O)Oc2ccc(Br)cc2/C=N/NC(=O)C(=O)Nc2ccc(C)cc2)cc1OC. The molecule has 0 heterocycles. The van der Waals surface area contributed by atoms with Gasteiger partial charge in [0.1, 0.15) is 5.75 Å². The predicted molar refractivity (Wildman–Crippen MR) is 134 cm³/mol. The van der Waals surface area contributed by atoms with E-state index in [4.69, 9.17) is 14.2 Å². The van der Waals surface area contributed by atoms with Gasteiger partial charge in [0.2, 0.25) is 0 Å². The Bertz CT molecular complexity index is 1270. The second-order valence-corrected chi connectivity index (χ2v) is 8.08. The van der Waals surface area contributed by atoms with E-state index in [-0.39, 0.29) is 11.3 Å². The molecule has 0 saturated heterocycles. The van der Waals surface area contributed by atoms with Gasteiger partial charge in [-0.15, -0.1) is 0 Å². The summed E-state index contributed by atoms with van der Waals surface area (Å²) in [5.41, 5.74) is 4.29. The van der Waals surface area contributed by atoms with Crippen molar-refractivity contribution >= 4 is 45.6 Å². The van der Waals surface area contributed by atoms with Crippen molar-refractivity contribution in [2.75, 3.05) is 19.5 Å². The summed E-state index contributed by atoms with van der Waals surface area (Å²) in [6.45, 7) is 1.91. The molecule has 2 amide bonds. The first kappa shape index (κ1) is 25.4. The van der Waals surface area contributed by atoms with Crippen molar-refractivity contribution in [3.63, 3.8) is 0 Å². The smallest absolute Gasteiger partial charge is 0.343 e. The molecule has 0 radical (unpaired) electrons. The Balaban J connectivity index is 1.69. The summed E-state index contributed by atoms with van der Waals surface area (Å²) in [6, 6.07) is 16.5. The molecule has 0 unspecified atom stereocenters. The Hall–Kier alpha value is -4.18. The van der Waals surface area contributed by atoms with E-state index in [1.165, 1.54) is 26.5 Å². The Morgan fingerprint density at radius 3 is 2.23 bits per heavy atom. The van der Waals surface area contributed by atoms with Gasteiger partial charge < -0.3 is 19.5 Å². The minimum atomic E-state index is -0.958. The lowest BCUT2D eigenvalue weighted by molar-refractivity contribution is -0.136. The normalized spacial score (nSPS) is 10.5. The quantitative estimate of drug-likeness (QED) is 0.154. The van der Waals surface area contributed by atoms with Crippen molar-refractivity contribution in [1.29, 1.82) is 0 Å². The molecule has 3 aromatic rings. The van der Waals surface area contributed by atoms with Crippen molar-refractivity contribution in [3.8, 4) is 17.2 Å². The predicted octanol–water partition coefficient (Wildman–Crippen LogP) is 4.08. The van der Waals surface area contributed by atoms with Gasteiger partial charge in [-0.3, -0.25) is 9.59 Å². The van der Waals surface area contributed by atoms with Gasteiger partial charge in [0, 0.05) is 15.7 Å². The fourth-order valence-electron chi connectivity index (χ4n) is 2.87. The Labute approximate surface area is 210 Å². The van der Waals surface area contributed by atoms with E-state index in [1.54, 1.807) is 42.5 Å². The topological polar surface area (TPSA) is 115 Å². The third kappa shape index (κ3) is 6.90. The highest BCUT2D eigenvalue weighted by Crippen LogP contribution is 2.29. The number of esters is 1. The van der Waals surface area contributed by atoms with Gasteiger partial charge in [-0.25, -0.2) is 10.2 Å². The molecule has 0 aliphatic rings. The summed E-state index contributed by atoms with van der Waals surface area (Å²) in [4.78, 5) is 36.8. The van der Waals surface area contributed by atoms with Gasteiger partial charge in [-0.1, -0.05) is 33.6 Å². The number of benzene rings is 3. The lowest BCUT2D eigenvalue weighted by Gasteiger charge is -2.11. The maximum atomic E-state index is 12.7. The first-order valence-electron chi connectivity index (χ1n) is 10.3. The van der Waals surface area contributed by atoms with E-state index >= 15 is 0 Å². The molecule has 3 aromatic carbocycles. The summed E-state index contributed by atoms with van der Waals surface area (Å²) in [5, 5.41) is 6.30. The van der Waals surface area contributed by atoms with Crippen molar-refractivity contribution < 1.29 is 28.6 Å². The summed E-state index contributed by atoms with van der Waals surface area (Å²) >= 11 is 3.34. The molecule has 10 heteroatoms. The number of ether oxygens (including phenoxy) is 3. The van der Waals surface area contributed by atoms with Crippen LogP contribution in [0.4, 0.5) is 5.69 Å². The monoisotopic (exact) mass is 539 g/mol. The number of nitrogens with one attached hydrogen (secondary N) is 2. The van der Waals surface area contributed by atoms with Gasteiger partial charge in [0.05, 0.1) is 26.0 Å². The largest absolute Gasteiger partial charge is 0.493 e. The zero-order valence-corrected chi connectivity index (χ0v) is 20.7. The van der Waals surface area contributed by atoms with Crippen LogP contribution in [-0.4, -0.2) is 38.2 Å². The van der Waals surface area contributed by atoms with Crippen molar-refractivity contribution in [1.82, 2.24) is 5.43 Å². The van der Waals surface area contributed by atoms with Crippen LogP contribution in [0.25, 0.3) is 0 Å². The van der Waals surface area contributed by atoms with Crippen LogP contribution >= 0.6 is 15.9 Å². The molecule has 0 bridgehead atoms. The highest BCUT2D eigenvalue weighted by molar-refractivity contribution is 9.10. The standard InChI is InChI=1S/C25H22BrN3O6/c1-15-4-8-19(9-5-15)28-23(30)24(31)29-27-14-17-12-18(26)7-11-20(17)35-25(32)16-6-10-21(33-2)22(13-16)34-3/h4-14H,1-3H3,(H,28,30)(H,29,31)/b27-14+. The molecule has 180 valence electrons. The molecule has 0 aliphatic carbocycles. The molecule has 0 spiro atoms. The summed E-state index contributed by atoms with van der Waals surface area (Å²) in [6.07, 6.45) is 1.26. The van der Waals surface area contributed by atoms with E-state index in [1.807, 2.05) is 19.1 Å². The molecule has 35 heavy (non-hydrogen) atoms. The molecule has 3 rings (SSSR count). The minimum Gasteiger partial charge on any atom is -0.493 e. The average molecular weight is 540 g/mol. The van der Waals surface area contributed by atoms with Crippen molar-refractivity contribution in [2.45, 2.75) is 6.92 Å². The third-order valence-corrected chi connectivity index (χ3v) is 5.17. The van der Waals surface area contributed by atoms with Crippen LogP contribution in [0.15, 0.2) is 70.2 Å². The van der Waals surface area contributed by atoms with Gasteiger partial charge in [-0.05, 0) is 55.5 Å². The first-order valence-corrected chi connectivity index (χ1v) is 11.0. The lowest BCUT2D eigenvalue weighted by Crippen LogP contribution is -2.32. The van der Waals surface area contributed by atoms with E-state index in [0.717, 1.165) is 5.56 Å². The van der Waals surface area contributed by atoms with Crippen LogP contribution in [0.2, 0.25) is 0 Å². The van der Waals surface area contributed by atoms with E-state index in [9.17, 15) is 14.4 Å². The van der Waals surface area contributed by atoms with Crippen LogP contribution in [-0.2, 0) is 9.59 Å². The molecule has 0 fully saturated rings. The number of carbonyl (C=O) groups is 3. The minimum absolute atomic E-state index is 0.190. The van der Waals surface area contributed by atoms with Crippen LogP contribution in [0.5, 0.6) is 17.2 Å². The number of rotatable bonds is 7.